The molecule has 0 saturated carbocycles. The third kappa shape index (κ3) is 3.48. The maximum absolute atomic E-state index is 10.6. The molecule has 1 rings (SSSR count). The van der Waals surface area contributed by atoms with Crippen LogP contribution in [-0.2, 0) is 0 Å². The van der Waals surface area contributed by atoms with Gasteiger partial charge in [0, 0.05) is 30.9 Å². The second-order valence-corrected chi connectivity index (χ2v) is 3.99. The van der Waals surface area contributed by atoms with Crippen LogP contribution in [0.5, 0.6) is 0 Å². The lowest BCUT2D eigenvalue weighted by molar-refractivity contribution is -0.384. The highest BCUT2D eigenvalue weighted by atomic mass is 16.6. The molecular weight excluding hydrogens is 215 g/mol. The van der Waals surface area contributed by atoms with Gasteiger partial charge in [0.05, 0.1) is 4.92 Å². The monoisotopic (exact) mass is 232 g/mol. The summed E-state index contributed by atoms with van der Waals surface area (Å²) in [5.41, 5.74) is 1.40. The Balaban J connectivity index is 2.99. The molecule has 0 fully saturated rings. The maximum Gasteiger partial charge on any atom is 0.268 e. The van der Waals surface area contributed by atoms with Crippen molar-refractivity contribution in [2.75, 3.05) is 18.0 Å². The van der Waals surface area contributed by atoms with Gasteiger partial charge in [-0.15, -0.1) is 0 Å². The van der Waals surface area contributed by atoms with Crippen molar-refractivity contribution in [3.05, 3.63) is 28.3 Å². The van der Waals surface area contributed by atoms with Crippen molar-refractivity contribution in [2.24, 2.45) is 0 Å². The van der Waals surface area contributed by atoms with E-state index in [0.29, 0.717) is 5.46 Å². The number of rotatable bonds is 6. The van der Waals surface area contributed by atoms with Gasteiger partial charge in [-0.05, 0) is 18.9 Å². The van der Waals surface area contributed by atoms with Crippen molar-refractivity contribution in [3.8, 4) is 0 Å². The second-order valence-electron chi connectivity index (χ2n) is 3.99. The van der Waals surface area contributed by atoms with E-state index in [1.54, 1.807) is 6.07 Å². The predicted molar refractivity (Wildman–Crippen MR) is 71.3 cm³/mol. The van der Waals surface area contributed by atoms with Gasteiger partial charge in [0.15, 0.2) is 0 Å². The van der Waals surface area contributed by atoms with E-state index in [2.05, 4.69) is 18.7 Å². The van der Waals surface area contributed by atoms with E-state index in [0.717, 1.165) is 31.6 Å². The Bertz CT molecular complexity index is 390. The first-order chi connectivity index (χ1) is 8.10. The van der Waals surface area contributed by atoms with Gasteiger partial charge in [-0.25, -0.2) is 0 Å². The number of hydrogen-bond donors (Lipinski definition) is 0. The molecule has 0 heterocycles. The first-order valence-corrected chi connectivity index (χ1v) is 5.89. The molecule has 5 heteroatoms. The molecule has 0 unspecified atom stereocenters. The van der Waals surface area contributed by atoms with Crippen LogP contribution < -0.4 is 10.4 Å². The smallest absolute Gasteiger partial charge is 0.268 e. The number of nitrogens with zero attached hydrogens (tertiary/aromatic N) is 2. The van der Waals surface area contributed by atoms with Crippen LogP contribution >= 0.6 is 0 Å². The molecule has 4 nitrogen and oxygen atoms in total. The first-order valence-electron chi connectivity index (χ1n) is 5.89. The zero-order chi connectivity index (χ0) is 12.8. The average Bonchev–Trinajstić information content (AvgIpc) is 2.28. The van der Waals surface area contributed by atoms with Crippen molar-refractivity contribution in [3.63, 3.8) is 0 Å². The summed E-state index contributed by atoms with van der Waals surface area (Å²) in [5, 5.41) is 10.6. The summed E-state index contributed by atoms with van der Waals surface area (Å²) >= 11 is 0. The Kier molecular flexibility index (Phi) is 5.00. The number of benzene rings is 1. The lowest BCUT2D eigenvalue weighted by Crippen LogP contribution is -2.29. The Morgan fingerprint density at radius 3 is 2.29 bits per heavy atom. The maximum atomic E-state index is 10.6. The van der Waals surface area contributed by atoms with Crippen LogP contribution in [-0.4, -0.2) is 25.9 Å². The van der Waals surface area contributed by atoms with Gasteiger partial charge in [-0.1, -0.05) is 19.3 Å². The highest BCUT2D eigenvalue weighted by Gasteiger charge is 2.11. The molecule has 0 aliphatic heterocycles. The van der Waals surface area contributed by atoms with Gasteiger partial charge in [0.2, 0.25) is 0 Å². The molecule has 0 bridgehead atoms. The summed E-state index contributed by atoms with van der Waals surface area (Å²) in [6.07, 6.45) is 2.05. The standard InChI is InChI=1S/C12H17BN2O2/c1-3-7-14(8-4-2)12-6-5-10(15(16)17)9-11(12)13/h5-6,9H,3-4,7-8H2,1-2H3. The topological polar surface area (TPSA) is 46.4 Å². The number of non-ortho nitro benzene ring substituents is 1. The van der Waals surface area contributed by atoms with Crippen molar-refractivity contribution in [1.82, 2.24) is 0 Å². The Morgan fingerprint density at radius 2 is 1.88 bits per heavy atom. The summed E-state index contributed by atoms with van der Waals surface area (Å²) in [4.78, 5) is 12.4. The van der Waals surface area contributed by atoms with Crippen molar-refractivity contribution < 1.29 is 4.92 Å². The summed E-state index contributed by atoms with van der Waals surface area (Å²) in [7, 11) is 5.87. The third-order valence-corrected chi connectivity index (χ3v) is 2.55. The molecule has 0 spiro atoms. The van der Waals surface area contributed by atoms with Gasteiger partial charge < -0.3 is 4.90 Å². The second kappa shape index (κ2) is 6.28. The minimum absolute atomic E-state index is 0.0409. The normalized spacial score (nSPS) is 10.2. The van der Waals surface area contributed by atoms with Crippen LogP contribution in [0.25, 0.3) is 0 Å². The van der Waals surface area contributed by atoms with E-state index in [1.807, 2.05) is 0 Å². The predicted octanol–water partition coefficient (Wildman–Crippen LogP) is 2.01. The number of nitro groups is 1. The number of hydrogen-bond acceptors (Lipinski definition) is 3. The fraction of sp³-hybridized carbons (Fsp3) is 0.500. The quantitative estimate of drug-likeness (QED) is 0.428. The van der Waals surface area contributed by atoms with Gasteiger partial charge in [0.1, 0.15) is 7.85 Å². The summed E-state index contributed by atoms with van der Waals surface area (Å²) in [6.45, 7) is 6.03. The van der Waals surface area contributed by atoms with Crippen LogP contribution in [0.4, 0.5) is 11.4 Å². The molecule has 1 aromatic carbocycles. The summed E-state index contributed by atoms with van der Waals surface area (Å²) in [5.74, 6) is 0. The molecule has 17 heavy (non-hydrogen) atoms. The molecule has 0 N–H and O–H groups in total. The zero-order valence-corrected chi connectivity index (χ0v) is 10.3. The number of anilines is 1. The Morgan fingerprint density at radius 1 is 1.29 bits per heavy atom. The highest BCUT2D eigenvalue weighted by Crippen LogP contribution is 2.17. The van der Waals surface area contributed by atoms with Gasteiger partial charge >= 0.3 is 0 Å². The van der Waals surface area contributed by atoms with Crippen LogP contribution in [0, 0.1) is 10.1 Å². The van der Waals surface area contributed by atoms with Gasteiger partial charge in [-0.3, -0.25) is 10.1 Å². The van der Waals surface area contributed by atoms with Crippen molar-refractivity contribution in [1.29, 1.82) is 0 Å². The van der Waals surface area contributed by atoms with Gasteiger partial charge in [-0.2, -0.15) is 0 Å². The van der Waals surface area contributed by atoms with Crippen LogP contribution in [0.1, 0.15) is 26.7 Å². The minimum atomic E-state index is -0.426. The van der Waals surface area contributed by atoms with E-state index in [-0.39, 0.29) is 5.69 Å². The van der Waals surface area contributed by atoms with E-state index in [9.17, 15) is 10.1 Å². The average molecular weight is 232 g/mol. The van der Waals surface area contributed by atoms with Gasteiger partial charge in [0.25, 0.3) is 5.69 Å². The zero-order valence-electron chi connectivity index (χ0n) is 10.3. The molecule has 0 aliphatic rings. The Labute approximate surface area is 103 Å². The molecule has 1 aromatic rings. The lowest BCUT2D eigenvalue weighted by Gasteiger charge is -2.25. The van der Waals surface area contributed by atoms with Crippen LogP contribution in [0.3, 0.4) is 0 Å². The third-order valence-electron chi connectivity index (χ3n) is 2.55. The first kappa shape index (κ1) is 13.5. The molecule has 0 atom stereocenters. The van der Waals surface area contributed by atoms with E-state index < -0.39 is 4.92 Å². The highest BCUT2D eigenvalue weighted by molar-refractivity contribution is 6.36. The largest absolute Gasteiger partial charge is 0.372 e. The molecule has 0 aliphatic carbocycles. The van der Waals surface area contributed by atoms with Crippen molar-refractivity contribution >= 4 is 24.7 Å². The fourth-order valence-electron chi connectivity index (χ4n) is 1.84. The van der Waals surface area contributed by atoms with E-state index in [1.165, 1.54) is 12.1 Å². The van der Waals surface area contributed by atoms with Crippen LogP contribution in [0.15, 0.2) is 18.2 Å². The SMILES string of the molecule is [B]c1cc([N+](=O)[O-])ccc1N(CCC)CCC. The molecule has 0 saturated heterocycles. The molecule has 2 radical (unpaired) electrons. The molecular formula is C12H17BN2O2. The Hall–Kier alpha value is -1.52. The van der Waals surface area contributed by atoms with Crippen LogP contribution in [0.2, 0.25) is 0 Å². The lowest BCUT2D eigenvalue weighted by atomic mass is 9.92. The molecule has 0 amide bonds. The number of nitro benzene ring substituents is 1. The minimum Gasteiger partial charge on any atom is -0.372 e. The van der Waals surface area contributed by atoms with E-state index >= 15 is 0 Å². The fourth-order valence-corrected chi connectivity index (χ4v) is 1.84. The summed E-state index contributed by atoms with van der Waals surface area (Å²) in [6, 6.07) is 4.66. The summed E-state index contributed by atoms with van der Waals surface area (Å²) < 4.78 is 0. The molecule has 90 valence electrons. The van der Waals surface area contributed by atoms with E-state index in [4.69, 9.17) is 7.85 Å². The molecule has 0 aromatic heterocycles. The van der Waals surface area contributed by atoms with Crippen molar-refractivity contribution in [2.45, 2.75) is 26.7 Å².